The van der Waals surface area contributed by atoms with Crippen LogP contribution in [0.25, 0.3) is 5.65 Å². The van der Waals surface area contributed by atoms with Crippen LogP contribution in [0, 0.1) is 13.8 Å². The van der Waals surface area contributed by atoms with Crippen LogP contribution in [0.4, 0.5) is 0 Å². The van der Waals surface area contributed by atoms with Gasteiger partial charge in [-0.25, -0.2) is 4.98 Å². The van der Waals surface area contributed by atoms with Crippen molar-refractivity contribution in [1.29, 1.82) is 0 Å². The van der Waals surface area contributed by atoms with Gasteiger partial charge < -0.3 is 10.1 Å². The summed E-state index contributed by atoms with van der Waals surface area (Å²) in [6.07, 6.45) is 1.92. The number of hydrogen-bond acceptors (Lipinski definition) is 4. The van der Waals surface area contributed by atoms with Crippen LogP contribution < -0.4 is 5.32 Å². The van der Waals surface area contributed by atoms with Crippen LogP contribution in [0.5, 0.6) is 0 Å². The van der Waals surface area contributed by atoms with Crippen molar-refractivity contribution in [2.75, 3.05) is 20.2 Å². The molecule has 0 saturated carbocycles. The Morgan fingerprint density at radius 1 is 1.38 bits per heavy atom. The molecule has 6 heteroatoms. The summed E-state index contributed by atoms with van der Waals surface area (Å²) in [4.78, 5) is 19.7. The molecule has 2 aromatic rings. The lowest BCUT2D eigenvalue weighted by Crippen LogP contribution is -2.44. The van der Waals surface area contributed by atoms with Gasteiger partial charge in [0.2, 0.25) is 0 Å². The average Bonchev–Trinajstić information content (AvgIpc) is 3.06. The third-order valence-corrected chi connectivity index (χ3v) is 4.82. The maximum Gasteiger partial charge on any atom is 0.270 e. The Balaban J connectivity index is 1.84. The van der Waals surface area contributed by atoms with Gasteiger partial charge in [-0.05, 0) is 45.4 Å². The number of hydrogen-bond donors (Lipinski definition) is 1. The molecule has 0 radical (unpaired) electrons. The van der Waals surface area contributed by atoms with Gasteiger partial charge in [-0.3, -0.25) is 14.1 Å². The summed E-state index contributed by atoms with van der Waals surface area (Å²) < 4.78 is 7.43. The lowest BCUT2D eigenvalue weighted by atomic mass is 10.2. The zero-order chi connectivity index (χ0) is 17.4. The fraction of sp³-hybridized carbons (Fsp3) is 0.556. The number of aromatic nitrogens is 2. The van der Waals surface area contributed by atoms with Gasteiger partial charge in [-0.2, -0.15) is 0 Å². The van der Waals surface area contributed by atoms with Crippen molar-refractivity contribution >= 4 is 11.6 Å². The molecular formula is C18H26N4O2. The SMILES string of the molecule is CO[C@H]1CN(C(C)C)C[C@@H]1NC(=O)c1c(C)nc2cc(C)ccn12. The Labute approximate surface area is 142 Å². The van der Waals surface area contributed by atoms with Crippen molar-refractivity contribution in [2.24, 2.45) is 0 Å². The normalized spacial score (nSPS) is 21.8. The first-order valence-electron chi connectivity index (χ1n) is 8.43. The fourth-order valence-corrected chi connectivity index (χ4v) is 3.38. The Morgan fingerprint density at radius 3 is 2.79 bits per heavy atom. The quantitative estimate of drug-likeness (QED) is 0.928. The molecular weight excluding hydrogens is 304 g/mol. The molecule has 2 atom stereocenters. The van der Waals surface area contributed by atoms with Crippen LogP contribution in [-0.2, 0) is 4.74 Å². The van der Waals surface area contributed by atoms with E-state index in [4.69, 9.17) is 4.74 Å². The summed E-state index contributed by atoms with van der Waals surface area (Å²) in [6.45, 7) is 9.86. The molecule has 0 bridgehead atoms. The average molecular weight is 330 g/mol. The highest BCUT2D eigenvalue weighted by Gasteiger charge is 2.35. The molecule has 6 nitrogen and oxygen atoms in total. The molecule has 24 heavy (non-hydrogen) atoms. The summed E-state index contributed by atoms with van der Waals surface area (Å²) in [5.41, 5.74) is 3.27. The number of imidazole rings is 1. The van der Waals surface area contributed by atoms with Crippen LogP contribution in [0.3, 0.4) is 0 Å². The van der Waals surface area contributed by atoms with E-state index in [-0.39, 0.29) is 18.1 Å². The van der Waals surface area contributed by atoms with Crippen LogP contribution in [-0.4, -0.2) is 58.6 Å². The van der Waals surface area contributed by atoms with Crippen LogP contribution >= 0.6 is 0 Å². The molecule has 3 heterocycles. The van der Waals surface area contributed by atoms with Crippen LogP contribution in [0.15, 0.2) is 18.3 Å². The predicted octanol–water partition coefficient (Wildman–Crippen LogP) is 1.79. The van der Waals surface area contributed by atoms with E-state index >= 15 is 0 Å². The van der Waals surface area contributed by atoms with E-state index in [9.17, 15) is 4.79 Å². The Kier molecular flexibility index (Phi) is 4.60. The summed E-state index contributed by atoms with van der Waals surface area (Å²) in [6, 6.07) is 4.39. The Bertz CT molecular complexity index is 753. The minimum absolute atomic E-state index is 0.0121. The third-order valence-electron chi connectivity index (χ3n) is 4.82. The molecule has 1 aliphatic heterocycles. The number of methoxy groups -OCH3 is 1. The van der Waals surface area contributed by atoms with Crippen LogP contribution in [0.1, 0.15) is 35.6 Å². The number of nitrogens with one attached hydrogen (secondary N) is 1. The van der Waals surface area contributed by atoms with E-state index in [0.717, 1.165) is 30.0 Å². The third kappa shape index (κ3) is 3.03. The summed E-state index contributed by atoms with van der Waals surface area (Å²) in [5.74, 6) is -0.0958. The highest BCUT2D eigenvalue weighted by atomic mass is 16.5. The molecule has 1 N–H and O–H groups in total. The molecule has 1 fully saturated rings. The monoisotopic (exact) mass is 330 g/mol. The Morgan fingerprint density at radius 2 is 2.12 bits per heavy atom. The Hall–Kier alpha value is -1.92. The highest BCUT2D eigenvalue weighted by molar-refractivity contribution is 5.95. The number of aryl methyl sites for hydroxylation is 2. The van der Waals surface area contributed by atoms with E-state index in [1.54, 1.807) is 7.11 Å². The van der Waals surface area contributed by atoms with Gasteiger partial charge in [0, 0.05) is 32.4 Å². The number of pyridine rings is 1. The number of carbonyl (C=O) groups excluding carboxylic acids is 1. The van der Waals surface area contributed by atoms with Crippen molar-refractivity contribution in [3.8, 4) is 0 Å². The zero-order valence-corrected chi connectivity index (χ0v) is 15.0. The van der Waals surface area contributed by atoms with E-state index in [0.29, 0.717) is 11.7 Å². The lowest BCUT2D eigenvalue weighted by Gasteiger charge is -2.20. The number of nitrogens with zero attached hydrogens (tertiary/aromatic N) is 3. The van der Waals surface area contributed by atoms with E-state index in [2.05, 4.69) is 29.0 Å². The maximum atomic E-state index is 12.9. The van der Waals surface area contributed by atoms with Gasteiger partial charge in [-0.15, -0.1) is 0 Å². The lowest BCUT2D eigenvalue weighted by molar-refractivity contribution is 0.0749. The second-order valence-electron chi connectivity index (χ2n) is 6.88. The first-order chi connectivity index (χ1) is 11.4. The molecule has 1 saturated heterocycles. The number of carbonyl (C=O) groups is 1. The minimum Gasteiger partial charge on any atom is -0.378 e. The maximum absolute atomic E-state index is 12.9. The van der Waals surface area contributed by atoms with Gasteiger partial charge in [0.1, 0.15) is 11.3 Å². The number of ether oxygens (including phenoxy) is 1. The standard InChI is InChI=1S/C18H26N4O2/c1-11(2)21-9-14(15(10-21)24-5)20-18(23)17-13(4)19-16-8-12(3)6-7-22(16)17/h6-8,11,14-15H,9-10H2,1-5H3,(H,20,23)/t14-,15-/m0/s1. The first kappa shape index (κ1) is 16.9. The zero-order valence-electron chi connectivity index (χ0n) is 15.0. The van der Waals surface area contributed by atoms with Gasteiger partial charge in [-0.1, -0.05) is 0 Å². The number of likely N-dealkylation sites (tertiary alicyclic amines) is 1. The summed E-state index contributed by atoms with van der Waals surface area (Å²) in [7, 11) is 1.70. The predicted molar refractivity (Wildman–Crippen MR) is 93.4 cm³/mol. The van der Waals surface area contributed by atoms with Gasteiger partial charge in [0.15, 0.2) is 0 Å². The van der Waals surface area contributed by atoms with Crippen molar-refractivity contribution < 1.29 is 9.53 Å². The molecule has 0 aromatic carbocycles. The van der Waals surface area contributed by atoms with Crippen molar-refractivity contribution in [3.05, 3.63) is 35.3 Å². The summed E-state index contributed by atoms with van der Waals surface area (Å²) >= 11 is 0. The largest absolute Gasteiger partial charge is 0.378 e. The number of amides is 1. The van der Waals surface area contributed by atoms with E-state index < -0.39 is 0 Å². The molecule has 3 rings (SSSR count). The van der Waals surface area contributed by atoms with Crippen molar-refractivity contribution in [2.45, 2.75) is 45.9 Å². The second-order valence-corrected chi connectivity index (χ2v) is 6.88. The first-order valence-corrected chi connectivity index (χ1v) is 8.43. The molecule has 2 aromatic heterocycles. The van der Waals surface area contributed by atoms with Crippen molar-refractivity contribution in [3.63, 3.8) is 0 Å². The van der Waals surface area contributed by atoms with E-state index in [1.807, 2.05) is 36.6 Å². The molecule has 130 valence electrons. The second kappa shape index (κ2) is 6.53. The van der Waals surface area contributed by atoms with Gasteiger partial charge in [0.25, 0.3) is 5.91 Å². The summed E-state index contributed by atoms with van der Waals surface area (Å²) in [5, 5.41) is 3.15. The number of fused-ring (bicyclic) bond motifs is 1. The van der Waals surface area contributed by atoms with Crippen molar-refractivity contribution in [1.82, 2.24) is 19.6 Å². The van der Waals surface area contributed by atoms with Gasteiger partial charge in [0.05, 0.1) is 17.8 Å². The highest BCUT2D eigenvalue weighted by Crippen LogP contribution is 2.18. The van der Waals surface area contributed by atoms with E-state index in [1.165, 1.54) is 0 Å². The van der Waals surface area contributed by atoms with Crippen LogP contribution in [0.2, 0.25) is 0 Å². The van der Waals surface area contributed by atoms with Gasteiger partial charge >= 0.3 is 0 Å². The molecule has 0 unspecified atom stereocenters. The molecule has 0 aliphatic carbocycles. The number of rotatable bonds is 4. The molecule has 0 spiro atoms. The topological polar surface area (TPSA) is 58.9 Å². The minimum atomic E-state index is -0.0958. The fourth-order valence-electron chi connectivity index (χ4n) is 3.38. The molecule has 1 aliphatic rings. The smallest absolute Gasteiger partial charge is 0.270 e. The molecule has 1 amide bonds.